The zero-order valence-corrected chi connectivity index (χ0v) is 17.8. The predicted octanol–water partition coefficient (Wildman–Crippen LogP) is 2.29. The van der Waals surface area contributed by atoms with E-state index in [2.05, 4.69) is 42.1 Å². The van der Waals surface area contributed by atoms with E-state index in [1.807, 2.05) is 43.3 Å². The van der Waals surface area contributed by atoms with Gasteiger partial charge in [0.05, 0.1) is 29.7 Å². The van der Waals surface area contributed by atoms with Crippen LogP contribution < -0.4 is 9.80 Å². The summed E-state index contributed by atoms with van der Waals surface area (Å²) in [6.45, 7) is 5.35. The van der Waals surface area contributed by atoms with E-state index in [4.69, 9.17) is 0 Å². The molecule has 31 heavy (non-hydrogen) atoms. The molecule has 4 aromatic rings. The van der Waals surface area contributed by atoms with Gasteiger partial charge < -0.3 is 14.9 Å². The Morgan fingerprint density at radius 3 is 2.32 bits per heavy atom. The third-order valence-corrected chi connectivity index (χ3v) is 5.87. The predicted molar refractivity (Wildman–Crippen MR) is 119 cm³/mol. The highest BCUT2D eigenvalue weighted by atomic mass is 16.3. The van der Waals surface area contributed by atoms with Crippen LogP contribution in [0.2, 0.25) is 0 Å². The quantitative estimate of drug-likeness (QED) is 0.532. The fourth-order valence-electron chi connectivity index (χ4n) is 4.01. The number of aryl methyl sites for hydroxylation is 1. The summed E-state index contributed by atoms with van der Waals surface area (Å²) in [5, 5.41) is 18.8. The smallest absolute Gasteiger partial charge is 0.225 e. The topological polar surface area (TPSA) is 87.6 Å². The molecule has 0 spiro atoms. The van der Waals surface area contributed by atoms with Gasteiger partial charge >= 0.3 is 0 Å². The number of aromatic nitrogens is 6. The summed E-state index contributed by atoms with van der Waals surface area (Å²) in [6, 6.07) is 4.24. The van der Waals surface area contributed by atoms with Crippen LogP contribution in [0.3, 0.4) is 0 Å². The zero-order chi connectivity index (χ0) is 21.4. The maximum absolute atomic E-state index is 9.93. The number of anilines is 2. The molecule has 1 aliphatic heterocycles. The minimum absolute atomic E-state index is 0.500. The van der Waals surface area contributed by atoms with Crippen molar-refractivity contribution in [3.05, 3.63) is 54.9 Å². The van der Waals surface area contributed by atoms with Crippen LogP contribution >= 0.6 is 0 Å². The molecule has 0 saturated carbocycles. The summed E-state index contributed by atoms with van der Waals surface area (Å²) in [4.78, 5) is 13.5. The normalized spacial score (nSPS) is 15.6. The molecule has 0 aliphatic carbocycles. The van der Waals surface area contributed by atoms with Crippen molar-refractivity contribution in [3.8, 4) is 11.1 Å². The number of hydrogen-bond donors (Lipinski definition) is 1. The third kappa shape index (κ3) is 3.72. The molecule has 1 saturated heterocycles. The Hall–Kier alpha value is -3.46. The van der Waals surface area contributed by atoms with E-state index in [9.17, 15) is 5.11 Å². The Morgan fingerprint density at radius 1 is 0.903 bits per heavy atom. The highest BCUT2D eigenvalue weighted by Gasteiger charge is 2.22. The van der Waals surface area contributed by atoms with Crippen molar-refractivity contribution in [2.24, 2.45) is 7.05 Å². The number of nitrogens with zero attached hydrogens (tertiary/aromatic N) is 8. The molecule has 5 rings (SSSR count). The van der Waals surface area contributed by atoms with Gasteiger partial charge in [0.1, 0.15) is 0 Å². The fraction of sp³-hybridized carbons (Fsp3) is 0.364. The molecule has 1 fully saturated rings. The maximum Gasteiger partial charge on any atom is 0.225 e. The number of piperazine rings is 1. The molecule has 9 heteroatoms. The van der Waals surface area contributed by atoms with Gasteiger partial charge in [0.2, 0.25) is 5.95 Å². The SMILES string of the molecule is CCC(O)c1cnc(N2CCN(c3cnn4cc(-c5cnn(C)c5)ccc34)CC2)nc1. The summed E-state index contributed by atoms with van der Waals surface area (Å²) in [6.07, 6.45) is 11.5. The van der Waals surface area contributed by atoms with Crippen LogP contribution in [0.4, 0.5) is 11.6 Å². The first-order chi connectivity index (χ1) is 15.1. The molecule has 0 amide bonds. The van der Waals surface area contributed by atoms with Gasteiger partial charge in [0.25, 0.3) is 0 Å². The first-order valence-electron chi connectivity index (χ1n) is 10.6. The molecule has 1 atom stereocenters. The van der Waals surface area contributed by atoms with Crippen molar-refractivity contribution in [1.82, 2.24) is 29.4 Å². The van der Waals surface area contributed by atoms with E-state index in [0.29, 0.717) is 12.4 Å². The van der Waals surface area contributed by atoms with Crippen LogP contribution in [0.1, 0.15) is 25.0 Å². The second-order valence-electron chi connectivity index (χ2n) is 7.89. The van der Waals surface area contributed by atoms with Crippen molar-refractivity contribution in [3.63, 3.8) is 0 Å². The third-order valence-electron chi connectivity index (χ3n) is 5.87. The molecule has 9 nitrogen and oxygen atoms in total. The van der Waals surface area contributed by atoms with Crippen LogP contribution in [0.25, 0.3) is 16.6 Å². The van der Waals surface area contributed by atoms with E-state index in [-0.39, 0.29) is 0 Å². The summed E-state index contributed by atoms with van der Waals surface area (Å²) in [5.41, 5.74) is 5.17. The van der Waals surface area contributed by atoms with Crippen molar-refractivity contribution in [1.29, 1.82) is 0 Å². The molecule has 0 radical (unpaired) electrons. The Balaban J connectivity index is 1.29. The monoisotopic (exact) mass is 418 g/mol. The van der Waals surface area contributed by atoms with E-state index in [1.54, 1.807) is 17.1 Å². The Morgan fingerprint density at radius 2 is 1.65 bits per heavy atom. The molecular formula is C22H26N8O. The van der Waals surface area contributed by atoms with Gasteiger partial charge in [0.15, 0.2) is 0 Å². The van der Waals surface area contributed by atoms with Gasteiger partial charge in [-0.25, -0.2) is 14.5 Å². The van der Waals surface area contributed by atoms with Crippen LogP contribution in [-0.4, -0.2) is 60.6 Å². The minimum Gasteiger partial charge on any atom is -0.388 e. The number of aliphatic hydroxyl groups excluding tert-OH is 1. The lowest BCUT2D eigenvalue weighted by atomic mass is 10.1. The minimum atomic E-state index is -0.500. The number of rotatable bonds is 5. The molecule has 0 bridgehead atoms. The van der Waals surface area contributed by atoms with Crippen LogP contribution in [0.15, 0.2) is 49.3 Å². The second kappa shape index (κ2) is 7.99. The van der Waals surface area contributed by atoms with Crippen molar-refractivity contribution in [2.75, 3.05) is 36.0 Å². The summed E-state index contributed by atoms with van der Waals surface area (Å²) in [5.74, 6) is 0.715. The van der Waals surface area contributed by atoms with Crippen LogP contribution in [0.5, 0.6) is 0 Å². The maximum atomic E-state index is 9.93. The van der Waals surface area contributed by atoms with E-state index in [1.165, 1.54) is 0 Å². The van der Waals surface area contributed by atoms with E-state index < -0.39 is 6.10 Å². The molecule has 4 aromatic heterocycles. The lowest BCUT2D eigenvalue weighted by molar-refractivity contribution is 0.173. The standard InChI is InChI=1S/C22H26N8O/c1-3-21(31)17-10-23-22(24-11-17)29-8-6-28(7-9-29)20-13-26-30-15-16(4-5-19(20)30)18-12-25-27(2)14-18/h4-5,10-15,21,31H,3,6-9H2,1-2H3. The van der Waals surface area contributed by atoms with Crippen LogP contribution in [0, 0.1) is 0 Å². The number of aliphatic hydroxyl groups is 1. The fourth-order valence-corrected chi connectivity index (χ4v) is 4.01. The van der Waals surface area contributed by atoms with Gasteiger partial charge in [-0.15, -0.1) is 0 Å². The molecule has 0 aromatic carbocycles. The zero-order valence-electron chi connectivity index (χ0n) is 17.8. The van der Waals surface area contributed by atoms with Crippen molar-refractivity contribution >= 4 is 17.2 Å². The van der Waals surface area contributed by atoms with Crippen LogP contribution in [-0.2, 0) is 7.05 Å². The van der Waals surface area contributed by atoms with Gasteiger partial charge in [0, 0.05) is 74.7 Å². The van der Waals surface area contributed by atoms with Crippen molar-refractivity contribution < 1.29 is 5.11 Å². The summed E-state index contributed by atoms with van der Waals surface area (Å²) in [7, 11) is 1.92. The average molecular weight is 419 g/mol. The first-order valence-corrected chi connectivity index (χ1v) is 10.6. The first kappa shape index (κ1) is 19.5. The largest absolute Gasteiger partial charge is 0.388 e. The molecular weight excluding hydrogens is 392 g/mol. The Bertz CT molecular complexity index is 1170. The summed E-state index contributed by atoms with van der Waals surface area (Å²) >= 11 is 0. The number of pyridine rings is 1. The summed E-state index contributed by atoms with van der Waals surface area (Å²) < 4.78 is 3.74. The van der Waals surface area contributed by atoms with E-state index >= 15 is 0 Å². The average Bonchev–Trinajstić information content (AvgIpc) is 3.44. The number of hydrogen-bond acceptors (Lipinski definition) is 7. The van der Waals surface area contributed by atoms with Gasteiger partial charge in [-0.1, -0.05) is 13.0 Å². The molecule has 1 aliphatic rings. The highest BCUT2D eigenvalue weighted by molar-refractivity contribution is 5.75. The van der Waals surface area contributed by atoms with Crippen molar-refractivity contribution in [2.45, 2.75) is 19.4 Å². The molecule has 1 unspecified atom stereocenters. The van der Waals surface area contributed by atoms with Gasteiger partial charge in [-0.05, 0) is 12.5 Å². The molecule has 1 N–H and O–H groups in total. The van der Waals surface area contributed by atoms with Gasteiger partial charge in [-0.2, -0.15) is 10.2 Å². The van der Waals surface area contributed by atoms with Gasteiger partial charge in [-0.3, -0.25) is 4.68 Å². The Kier molecular flexibility index (Phi) is 5.03. The lowest BCUT2D eigenvalue weighted by Gasteiger charge is -2.35. The molecule has 160 valence electrons. The second-order valence-corrected chi connectivity index (χ2v) is 7.89. The number of fused-ring (bicyclic) bond motifs is 1. The van der Waals surface area contributed by atoms with E-state index in [0.717, 1.165) is 54.1 Å². The Labute approximate surface area is 180 Å². The molecule has 5 heterocycles. The lowest BCUT2D eigenvalue weighted by Crippen LogP contribution is -2.47. The highest BCUT2D eigenvalue weighted by Crippen LogP contribution is 2.27.